The van der Waals surface area contributed by atoms with Gasteiger partial charge in [-0.3, -0.25) is 5.10 Å². The van der Waals surface area contributed by atoms with Crippen molar-refractivity contribution in [2.45, 2.75) is 19.9 Å². The van der Waals surface area contributed by atoms with Gasteiger partial charge in [0.25, 0.3) is 0 Å². The van der Waals surface area contributed by atoms with E-state index in [9.17, 15) is 4.39 Å². The Hall–Kier alpha value is -2.37. The van der Waals surface area contributed by atoms with Crippen LogP contribution in [0, 0.1) is 5.82 Å². The van der Waals surface area contributed by atoms with Crippen LogP contribution >= 0.6 is 0 Å². The van der Waals surface area contributed by atoms with Crippen molar-refractivity contribution in [3.8, 4) is 0 Å². The minimum Gasteiger partial charge on any atom is -0.383 e. The highest BCUT2D eigenvalue weighted by atomic mass is 19.1. The van der Waals surface area contributed by atoms with Gasteiger partial charge in [0.15, 0.2) is 5.65 Å². The van der Waals surface area contributed by atoms with Crippen molar-refractivity contribution in [2.75, 3.05) is 5.73 Å². The van der Waals surface area contributed by atoms with E-state index in [1.54, 1.807) is 16.8 Å². The number of hydrogen-bond acceptors (Lipinski definition) is 3. The van der Waals surface area contributed by atoms with Crippen LogP contribution in [-0.2, 0) is 13.0 Å². The molecule has 2 heterocycles. The lowest BCUT2D eigenvalue weighted by atomic mass is 10.2. The molecule has 1 aromatic carbocycles. The second kappa shape index (κ2) is 4.38. The molecule has 0 radical (unpaired) electrons. The molecule has 0 fully saturated rings. The van der Waals surface area contributed by atoms with Crippen molar-refractivity contribution >= 4 is 16.9 Å². The van der Waals surface area contributed by atoms with Crippen LogP contribution in [-0.4, -0.2) is 20.0 Å². The number of benzene rings is 1. The van der Waals surface area contributed by atoms with E-state index < -0.39 is 0 Å². The lowest BCUT2D eigenvalue weighted by molar-refractivity contribution is 0.624. The molecule has 0 bridgehead atoms. The second-order valence-corrected chi connectivity index (χ2v) is 4.42. The normalized spacial score (nSPS) is 11.3. The first-order chi connectivity index (χ1) is 9.19. The molecule has 0 saturated heterocycles. The number of rotatable bonds is 3. The highest BCUT2D eigenvalue weighted by Gasteiger charge is 2.15. The maximum atomic E-state index is 12.9. The van der Waals surface area contributed by atoms with Gasteiger partial charge < -0.3 is 5.73 Å². The first-order valence-corrected chi connectivity index (χ1v) is 6.12. The summed E-state index contributed by atoms with van der Waals surface area (Å²) < 4.78 is 14.7. The number of nitrogens with one attached hydrogen (secondary N) is 1. The Morgan fingerprint density at radius 2 is 2.05 bits per heavy atom. The summed E-state index contributed by atoms with van der Waals surface area (Å²) in [4.78, 5) is 0. The van der Waals surface area contributed by atoms with Gasteiger partial charge in [-0.25, -0.2) is 9.07 Å². The van der Waals surface area contributed by atoms with E-state index in [0.29, 0.717) is 12.4 Å². The number of aryl methyl sites for hydroxylation is 1. The Labute approximate surface area is 109 Å². The van der Waals surface area contributed by atoms with Crippen LogP contribution in [0.3, 0.4) is 0 Å². The number of hydrogen-bond donors (Lipinski definition) is 2. The van der Waals surface area contributed by atoms with Crippen LogP contribution in [0.1, 0.15) is 18.2 Å². The lowest BCUT2D eigenvalue weighted by Crippen LogP contribution is -2.03. The van der Waals surface area contributed by atoms with Crippen molar-refractivity contribution in [1.29, 1.82) is 0 Å². The maximum absolute atomic E-state index is 12.9. The number of nitrogens with zero attached hydrogens (tertiary/aromatic N) is 3. The summed E-state index contributed by atoms with van der Waals surface area (Å²) in [5.41, 5.74) is 8.48. The third kappa shape index (κ3) is 1.95. The zero-order chi connectivity index (χ0) is 13.4. The predicted octanol–water partition coefficient (Wildman–Crippen LogP) is 2.09. The Kier molecular flexibility index (Phi) is 2.70. The summed E-state index contributed by atoms with van der Waals surface area (Å²) in [6.45, 7) is 2.57. The molecule has 2 aromatic heterocycles. The number of halogens is 1. The minimum atomic E-state index is -0.243. The first kappa shape index (κ1) is 11.7. The van der Waals surface area contributed by atoms with Gasteiger partial charge in [0, 0.05) is 0 Å². The Morgan fingerprint density at radius 3 is 2.74 bits per heavy atom. The third-order valence-corrected chi connectivity index (χ3v) is 3.13. The van der Waals surface area contributed by atoms with E-state index in [0.717, 1.165) is 28.7 Å². The minimum absolute atomic E-state index is 0.243. The summed E-state index contributed by atoms with van der Waals surface area (Å²) in [7, 11) is 0. The van der Waals surface area contributed by atoms with Crippen LogP contribution in [0.5, 0.6) is 0 Å². The average Bonchev–Trinajstić information content (AvgIpc) is 2.95. The molecule has 0 spiro atoms. The van der Waals surface area contributed by atoms with Gasteiger partial charge >= 0.3 is 0 Å². The van der Waals surface area contributed by atoms with Crippen molar-refractivity contribution < 1.29 is 4.39 Å². The molecule has 0 aliphatic rings. The summed E-state index contributed by atoms with van der Waals surface area (Å²) in [6, 6.07) is 6.36. The van der Waals surface area contributed by atoms with Crippen molar-refractivity contribution in [3.05, 3.63) is 41.3 Å². The van der Waals surface area contributed by atoms with Gasteiger partial charge in [-0.1, -0.05) is 19.1 Å². The highest BCUT2D eigenvalue weighted by Crippen LogP contribution is 2.23. The fraction of sp³-hybridized carbons (Fsp3) is 0.231. The van der Waals surface area contributed by atoms with Gasteiger partial charge in [0.05, 0.1) is 17.6 Å². The van der Waals surface area contributed by atoms with E-state index in [-0.39, 0.29) is 5.82 Å². The molecule has 0 amide bonds. The number of H-pyrrole nitrogens is 1. The molecule has 3 N–H and O–H groups in total. The number of anilines is 1. The molecule has 0 aliphatic heterocycles. The summed E-state index contributed by atoms with van der Waals surface area (Å²) >= 11 is 0. The standard InChI is InChI=1S/C13H14FN5/c1-2-10-11-12(15)16-17-13(11)19(18-10)7-8-3-5-9(14)6-4-8/h3-6H,2,7H2,1H3,(H3,15,16,17). The molecular formula is C13H14FN5. The molecular weight excluding hydrogens is 245 g/mol. The smallest absolute Gasteiger partial charge is 0.182 e. The quantitative estimate of drug-likeness (QED) is 0.756. The molecule has 19 heavy (non-hydrogen) atoms. The lowest BCUT2D eigenvalue weighted by Gasteiger charge is -2.02. The van der Waals surface area contributed by atoms with Crippen LogP contribution in [0.15, 0.2) is 24.3 Å². The number of nitrogen functional groups attached to an aromatic ring is 1. The fourth-order valence-corrected chi connectivity index (χ4v) is 2.18. The van der Waals surface area contributed by atoms with Gasteiger partial charge in [-0.2, -0.15) is 10.2 Å². The van der Waals surface area contributed by atoms with Crippen LogP contribution in [0.2, 0.25) is 0 Å². The monoisotopic (exact) mass is 259 g/mol. The Balaban J connectivity index is 2.03. The molecule has 0 unspecified atom stereocenters. The van der Waals surface area contributed by atoms with Gasteiger partial charge in [0.2, 0.25) is 0 Å². The third-order valence-electron chi connectivity index (χ3n) is 3.13. The van der Waals surface area contributed by atoms with E-state index in [4.69, 9.17) is 5.73 Å². The van der Waals surface area contributed by atoms with Crippen LogP contribution in [0.4, 0.5) is 10.2 Å². The van der Waals surface area contributed by atoms with Crippen molar-refractivity contribution in [1.82, 2.24) is 20.0 Å². The molecule has 0 aliphatic carbocycles. The maximum Gasteiger partial charge on any atom is 0.182 e. The summed E-state index contributed by atoms with van der Waals surface area (Å²) in [5.74, 6) is 0.296. The molecule has 3 aromatic rings. The van der Waals surface area contributed by atoms with Gasteiger partial charge in [0.1, 0.15) is 11.6 Å². The van der Waals surface area contributed by atoms with E-state index in [1.165, 1.54) is 12.1 Å². The molecule has 5 nitrogen and oxygen atoms in total. The van der Waals surface area contributed by atoms with Crippen molar-refractivity contribution in [2.24, 2.45) is 0 Å². The molecule has 0 saturated carbocycles. The second-order valence-electron chi connectivity index (χ2n) is 4.42. The SMILES string of the molecule is CCc1nn(Cc2ccc(F)cc2)c2n[nH]c(N)c12. The first-order valence-electron chi connectivity index (χ1n) is 6.12. The molecule has 6 heteroatoms. The zero-order valence-corrected chi connectivity index (χ0v) is 10.5. The largest absolute Gasteiger partial charge is 0.383 e. The topological polar surface area (TPSA) is 72.5 Å². The van der Waals surface area contributed by atoms with E-state index in [1.807, 2.05) is 6.92 Å². The Morgan fingerprint density at radius 1 is 1.32 bits per heavy atom. The zero-order valence-electron chi connectivity index (χ0n) is 10.5. The number of aromatic nitrogens is 4. The molecule has 98 valence electrons. The predicted molar refractivity (Wildman–Crippen MR) is 71.2 cm³/mol. The summed E-state index contributed by atoms with van der Waals surface area (Å²) in [6.07, 6.45) is 0.788. The highest BCUT2D eigenvalue weighted by molar-refractivity contribution is 5.88. The van der Waals surface area contributed by atoms with E-state index in [2.05, 4.69) is 15.3 Å². The number of nitrogens with two attached hydrogens (primary N) is 1. The van der Waals surface area contributed by atoms with E-state index >= 15 is 0 Å². The molecule has 3 rings (SSSR count). The van der Waals surface area contributed by atoms with Crippen LogP contribution in [0.25, 0.3) is 11.0 Å². The number of aromatic amines is 1. The van der Waals surface area contributed by atoms with Gasteiger partial charge in [-0.05, 0) is 24.1 Å². The average molecular weight is 259 g/mol. The van der Waals surface area contributed by atoms with Crippen molar-refractivity contribution in [3.63, 3.8) is 0 Å². The van der Waals surface area contributed by atoms with Gasteiger partial charge in [-0.15, -0.1) is 0 Å². The molecule has 0 atom stereocenters. The Bertz CT molecular complexity index is 711. The number of fused-ring (bicyclic) bond motifs is 1. The fourth-order valence-electron chi connectivity index (χ4n) is 2.18. The summed E-state index contributed by atoms with van der Waals surface area (Å²) in [5, 5.41) is 12.3. The van der Waals surface area contributed by atoms with Crippen LogP contribution < -0.4 is 5.73 Å².